The lowest BCUT2D eigenvalue weighted by Crippen LogP contribution is -2.19. The maximum absolute atomic E-state index is 5.56. The highest BCUT2D eigenvalue weighted by Crippen LogP contribution is 2.40. The Morgan fingerprint density at radius 2 is 1.69 bits per heavy atom. The van der Waals surface area contributed by atoms with E-state index in [1.165, 1.54) is 41.6 Å². The van der Waals surface area contributed by atoms with E-state index >= 15 is 0 Å². The highest BCUT2D eigenvalue weighted by Gasteiger charge is 2.26. The van der Waals surface area contributed by atoms with Crippen LogP contribution in [0, 0.1) is 5.41 Å². The van der Waals surface area contributed by atoms with Gasteiger partial charge in [0.1, 0.15) is 0 Å². The summed E-state index contributed by atoms with van der Waals surface area (Å²) in [6, 6.07) is 0. The van der Waals surface area contributed by atoms with Gasteiger partial charge >= 0.3 is 0 Å². The average molecular weight is 355 g/mol. The molecule has 0 radical (unpaired) electrons. The summed E-state index contributed by atoms with van der Waals surface area (Å²) in [7, 11) is 0. The van der Waals surface area contributed by atoms with E-state index < -0.39 is 0 Å². The molecule has 1 aliphatic rings. The molecule has 1 nitrogen and oxygen atoms in total. The zero-order chi connectivity index (χ0) is 19.6. The zero-order valence-electron chi connectivity index (χ0n) is 18.0. The fourth-order valence-electron chi connectivity index (χ4n) is 3.18. The third kappa shape index (κ3) is 8.67. The topological polar surface area (TPSA) is 9.23 Å². The van der Waals surface area contributed by atoms with Gasteiger partial charge in [0, 0.05) is 0 Å². The molecule has 0 N–H and O–H groups in total. The van der Waals surface area contributed by atoms with Crippen LogP contribution in [0.3, 0.4) is 0 Å². The van der Waals surface area contributed by atoms with Crippen molar-refractivity contribution in [3.05, 3.63) is 70.4 Å². The highest BCUT2D eigenvalue weighted by molar-refractivity contribution is 5.37. The van der Waals surface area contributed by atoms with Crippen LogP contribution in [0.15, 0.2) is 70.4 Å². The lowest BCUT2D eigenvalue weighted by molar-refractivity contribution is 0.193. The molecule has 0 saturated carbocycles. The lowest BCUT2D eigenvalue weighted by Gasteiger charge is -2.32. The van der Waals surface area contributed by atoms with Crippen LogP contribution in [0.4, 0.5) is 0 Å². The van der Waals surface area contributed by atoms with Crippen molar-refractivity contribution < 1.29 is 4.74 Å². The Morgan fingerprint density at radius 3 is 2.35 bits per heavy atom. The van der Waals surface area contributed by atoms with Crippen molar-refractivity contribution in [3.63, 3.8) is 0 Å². The molecule has 0 aromatic rings. The Hall–Kier alpha value is -1.60. The van der Waals surface area contributed by atoms with E-state index in [2.05, 4.69) is 91.0 Å². The van der Waals surface area contributed by atoms with Crippen LogP contribution in [0.1, 0.15) is 67.7 Å². The smallest absolute Gasteiger partial charge is 0.0657 e. The van der Waals surface area contributed by atoms with Gasteiger partial charge in [0.2, 0.25) is 0 Å². The maximum atomic E-state index is 5.56. The minimum atomic E-state index is 0.305. The van der Waals surface area contributed by atoms with Gasteiger partial charge in [-0.2, -0.15) is 0 Å². The molecule has 144 valence electrons. The molecule has 26 heavy (non-hydrogen) atoms. The van der Waals surface area contributed by atoms with Crippen LogP contribution in [-0.4, -0.2) is 13.2 Å². The van der Waals surface area contributed by atoms with Crippen molar-refractivity contribution in [3.8, 4) is 0 Å². The van der Waals surface area contributed by atoms with E-state index in [1.807, 2.05) is 0 Å². The highest BCUT2D eigenvalue weighted by atomic mass is 16.5. The molecule has 0 aliphatic heterocycles. The first-order valence-corrected chi connectivity index (χ1v) is 9.83. The van der Waals surface area contributed by atoms with Gasteiger partial charge in [0.25, 0.3) is 0 Å². The summed E-state index contributed by atoms with van der Waals surface area (Å²) < 4.78 is 5.56. The summed E-state index contributed by atoms with van der Waals surface area (Å²) in [5.41, 5.74) is 7.16. The molecule has 1 heteroatoms. The van der Waals surface area contributed by atoms with E-state index in [1.54, 1.807) is 5.57 Å². The summed E-state index contributed by atoms with van der Waals surface area (Å²) in [5.74, 6) is 0. The summed E-state index contributed by atoms with van der Waals surface area (Å²) in [4.78, 5) is 0. The maximum Gasteiger partial charge on any atom is 0.0657 e. The minimum absolute atomic E-state index is 0.305. The van der Waals surface area contributed by atoms with E-state index in [9.17, 15) is 0 Å². The summed E-state index contributed by atoms with van der Waals surface area (Å²) in [6.45, 7) is 16.8. The van der Waals surface area contributed by atoms with Gasteiger partial charge in [-0.25, -0.2) is 0 Å². The van der Waals surface area contributed by atoms with Gasteiger partial charge in [-0.15, -0.1) is 0 Å². The number of rotatable bonds is 8. The second-order valence-electron chi connectivity index (χ2n) is 8.30. The van der Waals surface area contributed by atoms with Gasteiger partial charge in [-0.3, -0.25) is 0 Å². The van der Waals surface area contributed by atoms with Crippen molar-refractivity contribution >= 4 is 0 Å². The lowest BCUT2D eigenvalue weighted by atomic mass is 9.72. The van der Waals surface area contributed by atoms with Crippen LogP contribution >= 0.6 is 0 Å². The zero-order valence-corrected chi connectivity index (χ0v) is 18.0. The van der Waals surface area contributed by atoms with E-state index in [0.717, 1.165) is 0 Å². The normalized spacial score (nSPS) is 18.9. The summed E-state index contributed by atoms with van der Waals surface area (Å²) in [6.07, 6.45) is 19.1. The van der Waals surface area contributed by atoms with Crippen molar-refractivity contribution in [1.29, 1.82) is 0 Å². The standard InChI is InChI=1S/C25H38O/c1-20(2)15-18-26-19-16-22(4)11-8-10-21(3)13-14-24-23(5)12-9-17-25(24,6)7/h8,10-11,13-16H,9,12,17-19H2,1-7H3. The quantitative estimate of drug-likeness (QED) is 0.249. The number of hydrogen-bond acceptors (Lipinski definition) is 1. The molecule has 1 rings (SSSR count). The van der Waals surface area contributed by atoms with Gasteiger partial charge in [-0.05, 0) is 64.9 Å². The molecule has 0 spiro atoms. The molecular weight excluding hydrogens is 316 g/mol. The second-order valence-corrected chi connectivity index (χ2v) is 8.30. The Morgan fingerprint density at radius 1 is 1.00 bits per heavy atom. The molecule has 0 saturated heterocycles. The molecular formula is C25H38O. The van der Waals surface area contributed by atoms with Gasteiger partial charge < -0.3 is 4.74 Å². The Bertz CT molecular complexity index is 629. The third-order valence-electron chi connectivity index (χ3n) is 4.91. The van der Waals surface area contributed by atoms with Crippen LogP contribution in [-0.2, 0) is 4.74 Å². The molecule has 0 aromatic carbocycles. The Kier molecular flexibility index (Phi) is 9.65. The molecule has 0 aromatic heterocycles. The molecule has 1 aliphatic carbocycles. The van der Waals surface area contributed by atoms with E-state index in [-0.39, 0.29) is 0 Å². The predicted molar refractivity (Wildman–Crippen MR) is 116 cm³/mol. The first-order chi connectivity index (χ1) is 12.2. The summed E-state index contributed by atoms with van der Waals surface area (Å²) >= 11 is 0. The Balaban J connectivity index is 2.57. The summed E-state index contributed by atoms with van der Waals surface area (Å²) in [5, 5.41) is 0. The van der Waals surface area contributed by atoms with E-state index in [4.69, 9.17) is 4.74 Å². The van der Waals surface area contributed by atoms with Gasteiger partial charge in [-0.1, -0.05) is 78.7 Å². The van der Waals surface area contributed by atoms with E-state index in [0.29, 0.717) is 18.6 Å². The first kappa shape index (κ1) is 22.4. The molecule has 0 bridgehead atoms. The average Bonchev–Trinajstić information content (AvgIpc) is 2.53. The van der Waals surface area contributed by atoms with Crippen molar-refractivity contribution in [2.24, 2.45) is 5.41 Å². The van der Waals surface area contributed by atoms with Gasteiger partial charge in [0.05, 0.1) is 13.2 Å². The fraction of sp³-hybridized carbons (Fsp3) is 0.520. The monoisotopic (exact) mass is 354 g/mol. The molecule has 0 unspecified atom stereocenters. The molecule has 0 heterocycles. The van der Waals surface area contributed by atoms with Crippen LogP contribution in [0.25, 0.3) is 0 Å². The van der Waals surface area contributed by atoms with Crippen molar-refractivity contribution in [1.82, 2.24) is 0 Å². The van der Waals surface area contributed by atoms with Crippen molar-refractivity contribution in [2.75, 3.05) is 13.2 Å². The number of ether oxygens (including phenoxy) is 1. The molecule has 0 fully saturated rings. The fourth-order valence-corrected chi connectivity index (χ4v) is 3.18. The molecule has 0 amide bonds. The van der Waals surface area contributed by atoms with Crippen molar-refractivity contribution in [2.45, 2.75) is 67.7 Å². The number of allylic oxidation sites excluding steroid dienone is 10. The number of hydrogen-bond donors (Lipinski definition) is 0. The molecule has 0 atom stereocenters. The first-order valence-electron chi connectivity index (χ1n) is 9.83. The largest absolute Gasteiger partial charge is 0.373 e. The van der Waals surface area contributed by atoms with Gasteiger partial charge in [0.15, 0.2) is 0 Å². The van der Waals surface area contributed by atoms with Crippen LogP contribution in [0.2, 0.25) is 0 Å². The second kappa shape index (κ2) is 11.2. The minimum Gasteiger partial charge on any atom is -0.373 e. The Labute approximate surface area is 161 Å². The van der Waals surface area contributed by atoms with Crippen LogP contribution in [0.5, 0.6) is 0 Å². The SMILES string of the molecule is CC(C)=CCOCC=C(C)C=CC=C(C)C=CC1=C(C)CCCC1(C)C. The predicted octanol–water partition coefficient (Wildman–Crippen LogP) is 7.50. The van der Waals surface area contributed by atoms with Crippen LogP contribution < -0.4 is 0 Å². The third-order valence-corrected chi connectivity index (χ3v) is 4.91.